The van der Waals surface area contributed by atoms with Gasteiger partial charge in [0.2, 0.25) is 10.0 Å². The topological polar surface area (TPSA) is 90.0 Å². The van der Waals surface area contributed by atoms with E-state index in [1.165, 1.54) is 19.0 Å². The Labute approximate surface area is 138 Å². The number of nitrogens with one attached hydrogen (secondary N) is 1. The first-order chi connectivity index (χ1) is 10.7. The summed E-state index contributed by atoms with van der Waals surface area (Å²) in [5.41, 5.74) is 0.804. The first-order valence-corrected chi connectivity index (χ1v) is 8.97. The third-order valence-corrected chi connectivity index (χ3v) is 5.29. The molecule has 0 saturated heterocycles. The van der Waals surface area contributed by atoms with E-state index in [2.05, 4.69) is 5.32 Å². The Morgan fingerprint density at radius 3 is 2.39 bits per heavy atom. The summed E-state index contributed by atoms with van der Waals surface area (Å²) in [4.78, 5) is 13.3. The summed E-state index contributed by atoms with van der Waals surface area (Å²) in [7, 11) is 1.19. The van der Waals surface area contributed by atoms with Crippen molar-refractivity contribution >= 4 is 16.1 Å². The molecular formula is C15H25N3O4S. The Morgan fingerprint density at radius 1 is 1.22 bits per heavy atom. The summed E-state index contributed by atoms with van der Waals surface area (Å²) in [5.74, 6) is -0.147. The number of amides is 2. The molecule has 0 heterocycles. The fraction of sp³-hybridized carbons (Fsp3) is 0.533. The summed E-state index contributed by atoms with van der Waals surface area (Å²) in [5, 5.41) is 12.6. The van der Waals surface area contributed by atoms with Gasteiger partial charge in [0.15, 0.2) is 0 Å². The molecule has 0 aliphatic heterocycles. The predicted molar refractivity (Wildman–Crippen MR) is 89.5 cm³/mol. The number of hydrogen-bond donors (Lipinski definition) is 2. The van der Waals surface area contributed by atoms with E-state index >= 15 is 0 Å². The molecule has 23 heavy (non-hydrogen) atoms. The number of urea groups is 1. The van der Waals surface area contributed by atoms with Gasteiger partial charge in [-0.1, -0.05) is 30.3 Å². The first-order valence-electron chi connectivity index (χ1n) is 7.36. The zero-order valence-electron chi connectivity index (χ0n) is 13.8. The molecule has 2 N–H and O–H groups in total. The number of nitrogens with zero attached hydrogens (tertiary/aromatic N) is 2. The molecule has 0 fully saturated rings. The second-order valence-corrected chi connectivity index (χ2v) is 7.77. The molecule has 0 spiro atoms. The van der Waals surface area contributed by atoms with Crippen molar-refractivity contribution in [1.82, 2.24) is 14.5 Å². The molecule has 7 nitrogen and oxygen atoms in total. The van der Waals surface area contributed by atoms with Crippen molar-refractivity contribution in [3.8, 4) is 0 Å². The number of carbonyl (C=O) groups excluding carboxylic acids is 1. The number of aliphatic hydroxyl groups is 1. The highest BCUT2D eigenvalue weighted by Crippen LogP contribution is 2.15. The van der Waals surface area contributed by atoms with E-state index in [1.807, 2.05) is 30.3 Å². The van der Waals surface area contributed by atoms with Gasteiger partial charge in [-0.15, -0.1) is 0 Å². The normalized spacial score (nSPS) is 12.9. The zero-order valence-corrected chi connectivity index (χ0v) is 14.6. The second kappa shape index (κ2) is 8.85. The molecule has 0 aliphatic carbocycles. The molecule has 0 radical (unpaired) electrons. The molecule has 0 aromatic heterocycles. The summed E-state index contributed by atoms with van der Waals surface area (Å²) in [6, 6.07) is 8.87. The summed E-state index contributed by atoms with van der Waals surface area (Å²) in [6.45, 7) is 0.410. The van der Waals surface area contributed by atoms with Crippen molar-refractivity contribution in [2.24, 2.45) is 0 Å². The molecule has 0 bridgehead atoms. The predicted octanol–water partition coefficient (Wildman–Crippen LogP) is 0.643. The number of aliphatic hydroxyl groups excluding tert-OH is 1. The van der Waals surface area contributed by atoms with Crippen LogP contribution < -0.4 is 5.32 Å². The van der Waals surface area contributed by atoms with Gasteiger partial charge in [0.1, 0.15) is 0 Å². The molecule has 2 amide bonds. The maximum atomic E-state index is 11.9. The lowest BCUT2D eigenvalue weighted by molar-refractivity contribution is 0.150. The van der Waals surface area contributed by atoms with Crippen molar-refractivity contribution in [3.63, 3.8) is 0 Å². The highest BCUT2D eigenvalue weighted by Gasteiger charge is 2.15. The number of carbonyl (C=O) groups is 1. The first kappa shape index (κ1) is 19.4. The Hall–Kier alpha value is -1.64. The van der Waals surface area contributed by atoms with Crippen molar-refractivity contribution in [2.45, 2.75) is 12.5 Å². The number of benzene rings is 1. The van der Waals surface area contributed by atoms with Gasteiger partial charge in [0.05, 0.1) is 11.9 Å². The van der Waals surface area contributed by atoms with Crippen LogP contribution in [0.15, 0.2) is 30.3 Å². The van der Waals surface area contributed by atoms with Gasteiger partial charge in [0, 0.05) is 34.2 Å². The smallest absolute Gasteiger partial charge is 0.317 e. The quantitative estimate of drug-likeness (QED) is 0.725. The largest absolute Gasteiger partial charge is 0.388 e. The van der Waals surface area contributed by atoms with Crippen molar-refractivity contribution in [1.29, 1.82) is 0 Å². The molecule has 8 heteroatoms. The molecule has 130 valence electrons. The molecule has 1 atom stereocenters. The third kappa shape index (κ3) is 6.55. The molecule has 1 rings (SSSR count). The van der Waals surface area contributed by atoms with Crippen LogP contribution in [0.4, 0.5) is 4.79 Å². The molecule has 1 unspecified atom stereocenters. The van der Waals surface area contributed by atoms with Crippen molar-refractivity contribution < 1.29 is 18.3 Å². The van der Waals surface area contributed by atoms with Gasteiger partial charge < -0.3 is 15.3 Å². The highest BCUT2D eigenvalue weighted by molar-refractivity contribution is 7.89. The summed E-state index contributed by atoms with van der Waals surface area (Å²) >= 11 is 0. The van der Waals surface area contributed by atoms with Crippen molar-refractivity contribution in [2.75, 3.05) is 40.0 Å². The van der Waals surface area contributed by atoms with E-state index in [1.54, 1.807) is 7.05 Å². The van der Waals surface area contributed by atoms with Crippen LogP contribution in [0.1, 0.15) is 18.1 Å². The SMILES string of the molecule is CN(CCC(O)c1ccccc1)C(=O)NCCS(=O)(=O)N(C)C. The Kier molecular flexibility index (Phi) is 7.47. The maximum absolute atomic E-state index is 11.9. The highest BCUT2D eigenvalue weighted by atomic mass is 32.2. The lowest BCUT2D eigenvalue weighted by atomic mass is 10.1. The standard InChI is InChI=1S/C15H25N3O4S/c1-17(2)23(21,22)12-10-16-15(20)18(3)11-9-14(19)13-7-5-4-6-8-13/h4-8,14,19H,9-12H2,1-3H3,(H,16,20). The number of sulfonamides is 1. The van der Waals surface area contributed by atoms with E-state index in [0.29, 0.717) is 13.0 Å². The number of rotatable bonds is 8. The Bertz CT molecular complexity index is 590. The van der Waals surface area contributed by atoms with Crippen LogP contribution in [0.5, 0.6) is 0 Å². The minimum atomic E-state index is -3.32. The molecule has 0 aliphatic rings. The van der Waals surface area contributed by atoms with Crippen LogP contribution in [0.3, 0.4) is 0 Å². The Balaban J connectivity index is 2.34. The third-order valence-electron chi connectivity index (χ3n) is 3.46. The van der Waals surface area contributed by atoms with Gasteiger partial charge in [-0.25, -0.2) is 17.5 Å². The van der Waals surface area contributed by atoms with Gasteiger partial charge in [-0.2, -0.15) is 0 Å². The maximum Gasteiger partial charge on any atom is 0.317 e. The van der Waals surface area contributed by atoms with Crippen LogP contribution in [0.25, 0.3) is 0 Å². The van der Waals surface area contributed by atoms with Gasteiger partial charge in [-0.3, -0.25) is 0 Å². The lowest BCUT2D eigenvalue weighted by Crippen LogP contribution is -2.41. The molecule has 1 aromatic rings. The van der Waals surface area contributed by atoms with Crippen LogP contribution in [-0.4, -0.2) is 68.7 Å². The molecule has 1 aromatic carbocycles. The summed E-state index contributed by atoms with van der Waals surface area (Å²) in [6.07, 6.45) is -0.232. The average Bonchev–Trinajstić information content (AvgIpc) is 2.52. The fourth-order valence-corrected chi connectivity index (χ4v) is 2.59. The van der Waals surface area contributed by atoms with E-state index in [9.17, 15) is 18.3 Å². The van der Waals surface area contributed by atoms with Gasteiger partial charge in [-0.05, 0) is 12.0 Å². The molecule has 0 saturated carbocycles. The fourth-order valence-electron chi connectivity index (χ4n) is 1.86. The minimum Gasteiger partial charge on any atom is -0.388 e. The lowest BCUT2D eigenvalue weighted by Gasteiger charge is -2.20. The van der Waals surface area contributed by atoms with Gasteiger partial charge in [0.25, 0.3) is 0 Å². The van der Waals surface area contributed by atoms with Crippen LogP contribution >= 0.6 is 0 Å². The summed E-state index contributed by atoms with van der Waals surface area (Å²) < 4.78 is 24.3. The zero-order chi connectivity index (χ0) is 17.5. The van der Waals surface area contributed by atoms with E-state index in [-0.39, 0.29) is 18.3 Å². The van der Waals surface area contributed by atoms with E-state index in [0.717, 1.165) is 9.87 Å². The van der Waals surface area contributed by atoms with Gasteiger partial charge >= 0.3 is 6.03 Å². The van der Waals surface area contributed by atoms with Crippen LogP contribution in [0.2, 0.25) is 0 Å². The van der Waals surface area contributed by atoms with Crippen molar-refractivity contribution in [3.05, 3.63) is 35.9 Å². The molecular weight excluding hydrogens is 318 g/mol. The van der Waals surface area contributed by atoms with E-state index < -0.39 is 16.1 Å². The monoisotopic (exact) mass is 343 g/mol. The minimum absolute atomic E-state index is 0.0466. The Morgan fingerprint density at radius 2 is 1.83 bits per heavy atom. The van der Waals surface area contributed by atoms with Crippen LogP contribution in [0, 0.1) is 0 Å². The van der Waals surface area contributed by atoms with E-state index in [4.69, 9.17) is 0 Å². The average molecular weight is 343 g/mol. The second-order valence-electron chi connectivity index (χ2n) is 5.47. The number of hydrogen-bond acceptors (Lipinski definition) is 4. The van der Waals surface area contributed by atoms with Crippen LogP contribution in [-0.2, 0) is 10.0 Å².